The standard InChI is InChI=1S/C37H47FN4O3S/c1-2-36(43)40-35-13-7-12-34(35)37(26-39,29-8-6-9-30(38)22-29)28-18-20-41(21-19-28)23-27-24-42(25-27)31-14-16-33(17-15-31)46(44,45)32-10-4-3-5-11-32/h2,6,8-9,14-17,22,27-28,32,34-35H,1,3-5,7,10-13,18-21,23-25H2,(H,40,43)/t34-,35-,37?/m0/s1. The normalized spacial score (nSPS) is 24.9. The second kappa shape index (κ2) is 13.9. The number of piperidine rings is 1. The lowest BCUT2D eigenvalue weighted by atomic mass is 9.59. The molecule has 4 fully saturated rings. The van der Waals surface area contributed by atoms with Crippen LogP contribution in [0.5, 0.6) is 0 Å². The van der Waals surface area contributed by atoms with Gasteiger partial charge in [0.25, 0.3) is 0 Å². The average Bonchev–Trinajstić information content (AvgIpc) is 3.52. The molecule has 1 amide bonds. The molecule has 1 unspecified atom stereocenters. The van der Waals surface area contributed by atoms with E-state index in [9.17, 15) is 22.9 Å². The lowest BCUT2D eigenvalue weighted by molar-refractivity contribution is -0.117. The summed E-state index contributed by atoms with van der Waals surface area (Å²) >= 11 is 0. The summed E-state index contributed by atoms with van der Waals surface area (Å²) in [5, 5.41) is 13.8. The summed E-state index contributed by atoms with van der Waals surface area (Å²) in [5.41, 5.74) is 0.916. The van der Waals surface area contributed by atoms with Gasteiger partial charge < -0.3 is 15.1 Å². The van der Waals surface area contributed by atoms with Gasteiger partial charge in [0, 0.05) is 43.2 Å². The first kappa shape index (κ1) is 32.7. The zero-order valence-corrected chi connectivity index (χ0v) is 27.6. The van der Waals surface area contributed by atoms with Crippen LogP contribution < -0.4 is 10.2 Å². The van der Waals surface area contributed by atoms with Crippen molar-refractivity contribution in [3.63, 3.8) is 0 Å². The lowest BCUT2D eigenvalue weighted by Crippen LogP contribution is -2.55. The second-order valence-corrected chi connectivity index (χ2v) is 16.2. The van der Waals surface area contributed by atoms with Crippen LogP contribution >= 0.6 is 0 Å². The minimum absolute atomic E-state index is 0.0584. The fourth-order valence-electron chi connectivity index (χ4n) is 8.90. The molecule has 2 aliphatic heterocycles. The number of likely N-dealkylation sites (tertiary alicyclic amines) is 1. The summed E-state index contributed by atoms with van der Waals surface area (Å²) in [6.45, 7) is 8.22. The van der Waals surface area contributed by atoms with E-state index in [-0.39, 0.29) is 34.9 Å². The number of nitriles is 1. The monoisotopic (exact) mass is 646 g/mol. The molecular weight excluding hydrogens is 599 g/mol. The number of sulfone groups is 1. The number of hydrogen-bond acceptors (Lipinski definition) is 6. The number of amides is 1. The number of hydrogen-bond donors (Lipinski definition) is 1. The van der Waals surface area contributed by atoms with Gasteiger partial charge in [0.15, 0.2) is 9.84 Å². The van der Waals surface area contributed by atoms with Gasteiger partial charge in [-0.1, -0.05) is 44.4 Å². The molecule has 7 nitrogen and oxygen atoms in total. The Bertz CT molecular complexity index is 1540. The molecule has 246 valence electrons. The Balaban J connectivity index is 1.07. The molecule has 0 aromatic heterocycles. The average molecular weight is 647 g/mol. The van der Waals surface area contributed by atoms with Crippen LogP contribution in [0, 0.1) is 34.9 Å². The van der Waals surface area contributed by atoms with Gasteiger partial charge in [-0.3, -0.25) is 4.79 Å². The third kappa shape index (κ3) is 6.48. The Kier molecular flexibility index (Phi) is 9.86. The van der Waals surface area contributed by atoms with Crippen LogP contribution in [0.25, 0.3) is 0 Å². The Morgan fingerprint density at radius 2 is 1.72 bits per heavy atom. The van der Waals surface area contributed by atoms with Crippen molar-refractivity contribution in [2.24, 2.45) is 17.8 Å². The Morgan fingerprint density at radius 3 is 2.37 bits per heavy atom. The van der Waals surface area contributed by atoms with Gasteiger partial charge in [0.2, 0.25) is 5.91 Å². The smallest absolute Gasteiger partial charge is 0.243 e. The van der Waals surface area contributed by atoms with E-state index in [1.54, 1.807) is 18.2 Å². The molecule has 9 heteroatoms. The van der Waals surface area contributed by atoms with Gasteiger partial charge in [-0.05, 0) is 106 Å². The maximum atomic E-state index is 14.6. The van der Waals surface area contributed by atoms with E-state index in [1.165, 1.54) is 18.2 Å². The lowest BCUT2D eigenvalue weighted by Gasteiger charge is -2.48. The number of nitrogens with zero attached hydrogens (tertiary/aromatic N) is 3. The number of rotatable bonds is 10. The molecule has 0 spiro atoms. The van der Waals surface area contributed by atoms with E-state index in [4.69, 9.17) is 0 Å². The van der Waals surface area contributed by atoms with Crippen LogP contribution in [0.15, 0.2) is 66.1 Å². The largest absolute Gasteiger partial charge is 0.371 e. The van der Waals surface area contributed by atoms with E-state index in [1.807, 2.05) is 18.2 Å². The predicted molar refractivity (Wildman–Crippen MR) is 179 cm³/mol. The molecule has 46 heavy (non-hydrogen) atoms. The third-order valence-electron chi connectivity index (χ3n) is 11.3. The molecule has 2 saturated carbocycles. The highest BCUT2D eigenvalue weighted by Gasteiger charge is 2.52. The van der Waals surface area contributed by atoms with Gasteiger partial charge >= 0.3 is 0 Å². The van der Waals surface area contributed by atoms with Gasteiger partial charge in [-0.25, -0.2) is 12.8 Å². The summed E-state index contributed by atoms with van der Waals surface area (Å²) < 4.78 is 40.8. The minimum Gasteiger partial charge on any atom is -0.371 e. The third-order valence-corrected chi connectivity index (χ3v) is 13.6. The van der Waals surface area contributed by atoms with Crippen molar-refractivity contribution in [1.82, 2.24) is 10.2 Å². The van der Waals surface area contributed by atoms with Crippen LogP contribution in [0.1, 0.15) is 69.8 Å². The van der Waals surface area contributed by atoms with Gasteiger partial charge in [-0.2, -0.15) is 5.26 Å². The number of carbonyl (C=O) groups excluding carboxylic acids is 1. The summed E-state index contributed by atoms with van der Waals surface area (Å²) in [7, 11) is -3.26. The first-order chi connectivity index (χ1) is 22.2. The van der Waals surface area contributed by atoms with Crippen molar-refractivity contribution in [2.75, 3.05) is 37.6 Å². The van der Waals surface area contributed by atoms with E-state index in [0.29, 0.717) is 10.8 Å². The highest BCUT2D eigenvalue weighted by atomic mass is 32.2. The number of carbonyl (C=O) groups is 1. The number of nitrogens with one attached hydrogen (secondary N) is 1. The summed E-state index contributed by atoms with van der Waals surface area (Å²) in [6.07, 6.45) is 10.2. The van der Waals surface area contributed by atoms with Crippen molar-refractivity contribution < 1.29 is 17.6 Å². The Hall–Kier alpha value is -3.22. The van der Waals surface area contributed by atoms with Crippen molar-refractivity contribution in [3.8, 4) is 6.07 Å². The first-order valence-electron chi connectivity index (χ1n) is 17.2. The van der Waals surface area contributed by atoms with Crippen LogP contribution in [-0.2, 0) is 20.0 Å². The van der Waals surface area contributed by atoms with Crippen molar-refractivity contribution in [3.05, 3.63) is 72.6 Å². The van der Waals surface area contributed by atoms with Gasteiger partial charge in [-0.15, -0.1) is 0 Å². The topological polar surface area (TPSA) is 93.5 Å². The molecule has 0 bridgehead atoms. The zero-order chi connectivity index (χ0) is 32.3. The van der Waals surface area contributed by atoms with Gasteiger partial charge in [0.1, 0.15) is 5.82 Å². The molecular formula is C37H47FN4O3S. The van der Waals surface area contributed by atoms with Crippen molar-refractivity contribution in [2.45, 2.75) is 85.8 Å². The molecule has 6 rings (SSSR count). The van der Waals surface area contributed by atoms with Crippen LogP contribution in [-0.4, -0.2) is 63.2 Å². The van der Waals surface area contributed by atoms with Crippen LogP contribution in [0.3, 0.4) is 0 Å². The molecule has 4 aliphatic rings. The minimum atomic E-state index is -3.26. The second-order valence-electron chi connectivity index (χ2n) is 14.0. The quantitative estimate of drug-likeness (QED) is 0.318. The van der Waals surface area contributed by atoms with Crippen molar-refractivity contribution in [1.29, 1.82) is 5.26 Å². The van der Waals surface area contributed by atoms with Crippen molar-refractivity contribution >= 4 is 21.4 Å². The number of benzene rings is 2. The summed E-state index contributed by atoms with van der Waals surface area (Å²) in [6, 6.07) is 16.6. The number of anilines is 1. The fourth-order valence-corrected chi connectivity index (χ4v) is 10.8. The Labute approximate surface area is 273 Å². The molecule has 2 aromatic carbocycles. The highest BCUT2D eigenvalue weighted by molar-refractivity contribution is 7.92. The SMILES string of the molecule is C=CC(=O)N[C@H]1CCC[C@@H]1C(C#N)(c1cccc(F)c1)C1CCN(CC2CN(c3ccc(S(=O)(=O)C4CCCCC4)cc3)C2)CC1. The fraction of sp³-hybridized carbons (Fsp3) is 0.568. The first-order valence-corrected chi connectivity index (χ1v) is 18.7. The Morgan fingerprint density at radius 1 is 1.00 bits per heavy atom. The van der Waals surface area contributed by atoms with Crippen LogP contribution in [0.2, 0.25) is 0 Å². The molecule has 1 N–H and O–H groups in total. The van der Waals surface area contributed by atoms with Crippen LogP contribution in [0.4, 0.5) is 10.1 Å². The number of halogens is 1. The maximum Gasteiger partial charge on any atom is 0.243 e. The predicted octanol–water partition coefficient (Wildman–Crippen LogP) is 6.01. The van der Waals surface area contributed by atoms with E-state index < -0.39 is 15.3 Å². The summed E-state index contributed by atoms with van der Waals surface area (Å²) in [5.74, 6) is -0.0754. The van der Waals surface area contributed by atoms with Gasteiger partial charge in [0.05, 0.1) is 21.6 Å². The summed E-state index contributed by atoms with van der Waals surface area (Å²) in [4.78, 5) is 17.6. The van der Waals surface area contributed by atoms with E-state index in [2.05, 4.69) is 27.8 Å². The molecule has 0 radical (unpaired) electrons. The molecule has 2 saturated heterocycles. The van der Waals surface area contributed by atoms with E-state index in [0.717, 1.165) is 108 Å². The molecule has 3 atom stereocenters. The highest BCUT2D eigenvalue weighted by Crippen LogP contribution is 2.50. The maximum absolute atomic E-state index is 14.6. The molecule has 2 aliphatic carbocycles. The van der Waals surface area contributed by atoms with E-state index >= 15 is 0 Å². The molecule has 2 heterocycles. The molecule has 2 aromatic rings. The zero-order valence-electron chi connectivity index (χ0n) is 26.7.